The first-order chi connectivity index (χ1) is 15.6. The van der Waals surface area contributed by atoms with Crippen LogP contribution in [-0.4, -0.2) is 45.5 Å². The van der Waals surface area contributed by atoms with Gasteiger partial charge in [0.25, 0.3) is 0 Å². The molecule has 32 heavy (non-hydrogen) atoms. The quantitative estimate of drug-likeness (QED) is 0.291. The molecule has 9 heteroatoms. The van der Waals surface area contributed by atoms with Crippen molar-refractivity contribution in [2.75, 3.05) is 18.9 Å². The maximum absolute atomic E-state index is 12.4. The van der Waals surface area contributed by atoms with Crippen LogP contribution in [0.15, 0.2) is 22.7 Å². The minimum atomic E-state index is -0.222. The van der Waals surface area contributed by atoms with Crippen LogP contribution in [0.25, 0.3) is 10.7 Å². The van der Waals surface area contributed by atoms with E-state index in [1.165, 1.54) is 37.4 Å². The number of rotatable bonds is 11. The van der Waals surface area contributed by atoms with Crippen molar-refractivity contribution in [3.63, 3.8) is 0 Å². The topological polar surface area (TPSA) is 86.1 Å². The molecular formula is C23H32N4O3S2. The zero-order chi connectivity index (χ0) is 22.5. The molecule has 2 bridgehead atoms. The Morgan fingerprint density at radius 2 is 2.22 bits per heavy atom. The van der Waals surface area contributed by atoms with E-state index in [1.54, 1.807) is 18.3 Å². The minimum Gasteiger partial charge on any atom is -0.466 e. The molecular weight excluding hydrogens is 444 g/mol. The number of hydrogen-bond acceptors (Lipinski definition) is 7. The van der Waals surface area contributed by atoms with Gasteiger partial charge in [-0.15, -0.1) is 21.5 Å². The van der Waals surface area contributed by atoms with Crippen molar-refractivity contribution in [1.82, 2.24) is 20.1 Å². The third-order valence-corrected chi connectivity index (χ3v) is 8.55. The monoisotopic (exact) mass is 476 g/mol. The SMILES string of the molecule is CCOC(=O)CCCNC(=O)CSc1nnc(-c2cccs2)n1[C@@H](C)[C@@H]1C[C@H]2CC[C@H]1C2. The molecule has 174 valence electrons. The summed E-state index contributed by atoms with van der Waals surface area (Å²) in [4.78, 5) is 24.9. The van der Waals surface area contributed by atoms with Gasteiger partial charge in [-0.2, -0.15) is 0 Å². The van der Waals surface area contributed by atoms with Gasteiger partial charge in [0.2, 0.25) is 5.91 Å². The average molecular weight is 477 g/mol. The molecule has 0 aromatic carbocycles. The van der Waals surface area contributed by atoms with E-state index >= 15 is 0 Å². The summed E-state index contributed by atoms with van der Waals surface area (Å²) in [5, 5.41) is 14.8. The van der Waals surface area contributed by atoms with Gasteiger partial charge in [0, 0.05) is 19.0 Å². The van der Waals surface area contributed by atoms with E-state index in [2.05, 4.69) is 38.5 Å². The van der Waals surface area contributed by atoms with Gasteiger partial charge in [0.05, 0.1) is 17.2 Å². The van der Waals surface area contributed by atoms with Crippen LogP contribution in [0.2, 0.25) is 0 Å². The van der Waals surface area contributed by atoms with Gasteiger partial charge in [-0.1, -0.05) is 24.2 Å². The van der Waals surface area contributed by atoms with Gasteiger partial charge in [-0.05, 0) is 68.7 Å². The molecule has 2 saturated carbocycles. The molecule has 2 heterocycles. The van der Waals surface area contributed by atoms with Crippen molar-refractivity contribution >= 4 is 35.0 Å². The van der Waals surface area contributed by atoms with E-state index in [9.17, 15) is 9.59 Å². The predicted molar refractivity (Wildman–Crippen MR) is 127 cm³/mol. The summed E-state index contributed by atoms with van der Waals surface area (Å²) in [6.07, 6.45) is 6.27. The van der Waals surface area contributed by atoms with Gasteiger partial charge < -0.3 is 10.1 Å². The van der Waals surface area contributed by atoms with Crippen LogP contribution in [0.4, 0.5) is 0 Å². The second-order valence-electron chi connectivity index (χ2n) is 8.78. The minimum absolute atomic E-state index is 0.0568. The van der Waals surface area contributed by atoms with E-state index in [-0.39, 0.29) is 17.6 Å². The lowest BCUT2D eigenvalue weighted by molar-refractivity contribution is -0.143. The number of ether oxygens (including phenoxy) is 1. The maximum Gasteiger partial charge on any atom is 0.305 e. The zero-order valence-electron chi connectivity index (χ0n) is 18.8. The number of thioether (sulfide) groups is 1. The molecule has 4 rings (SSSR count). The fraction of sp³-hybridized carbons (Fsp3) is 0.652. The standard InChI is InChI=1S/C23H32N4O3S2/c1-3-30-21(29)7-4-10-24-20(28)14-32-23-26-25-22(19-6-5-11-31-19)27(23)15(2)18-13-16-8-9-17(18)12-16/h5-6,11,15-18H,3-4,7-10,12-14H2,1-2H3,(H,24,28)/t15-,16-,17-,18-/m0/s1. The number of fused-ring (bicyclic) bond motifs is 2. The van der Waals surface area contributed by atoms with E-state index in [1.807, 2.05) is 6.07 Å². The number of nitrogens with one attached hydrogen (secondary N) is 1. The molecule has 1 amide bonds. The molecule has 4 atom stereocenters. The molecule has 7 nitrogen and oxygen atoms in total. The second-order valence-corrected chi connectivity index (χ2v) is 10.7. The number of amides is 1. The normalized spacial score (nSPS) is 22.8. The third-order valence-electron chi connectivity index (χ3n) is 6.74. The van der Waals surface area contributed by atoms with Crippen molar-refractivity contribution in [2.24, 2.45) is 17.8 Å². The van der Waals surface area contributed by atoms with E-state index in [0.717, 1.165) is 27.7 Å². The van der Waals surface area contributed by atoms with Crippen LogP contribution >= 0.6 is 23.1 Å². The molecule has 2 aromatic heterocycles. The van der Waals surface area contributed by atoms with Gasteiger partial charge in [-0.3, -0.25) is 14.2 Å². The van der Waals surface area contributed by atoms with E-state index in [0.29, 0.717) is 38.0 Å². The Morgan fingerprint density at radius 1 is 1.34 bits per heavy atom. The highest BCUT2D eigenvalue weighted by Crippen LogP contribution is 2.53. The van der Waals surface area contributed by atoms with Gasteiger partial charge in [0.1, 0.15) is 0 Å². The molecule has 0 saturated heterocycles. The highest BCUT2D eigenvalue weighted by molar-refractivity contribution is 7.99. The largest absolute Gasteiger partial charge is 0.466 e. The lowest BCUT2D eigenvalue weighted by Gasteiger charge is -2.30. The number of aromatic nitrogens is 3. The Kier molecular flexibility index (Phi) is 7.88. The first-order valence-corrected chi connectivity index (χ1v) is 13.5. The van der Waals surface area contributed by atoms with Crippen molar-refractivity contribution in [3.8, 4) is 10.7 Å². The van der Waals surface area contributed by atoms with Crippen molar-refractivity contribution in [3.05, 3.63) is 17.5 Å². The van der Waals surface area contributed by atoms with Gasteiger partial charge in [0.15, 0.2) is 11.0 Å². The van der Waals surface area contributed by atoms with Crippen molar-refractivity contribution in [1.29, 1.82) is 0 Å². The number of esters is 1. The van der Waals surface area contributed by atoms with E-state index in [4.69, 9.17) is 4.74 Å². The highest BCUT2D eigenvalue weighted by atomic mass is 32.2. The average Bonchev–Trinajstić information content (AvgIpc) is 3.58. The lowest BCUT2D eigenvalue weighted by atomic mass is 9.84. The summed E-state index contributed by atoms with van der Waals surface area (Å²) < 4.78 is 7.18. The molecule has 2 aromatic rings. The van der Waals surface area contributed by atoms with E-state index < -0.39 is 0 Å². The first kappa shape index (κ1) is 23.3. The lowest BCUT2D eigenvalue weighted by Crippen LogP contribution is -2.27. The van der Waals surface area contributed by atoms with Gasteiger partial charge >= 0.3 is 5.97 Å². The zero-order valence-corrected chi connectivity index (χ0v) is 20.4. The van der Waals surface area contributed by atoms with Crippen LogP contribution in [0.1, 0.15) is 58.4 Å². The number of hydrogen-bond donors (Lipinski definition) is 1. The second kappa shape index (κ2) is 10.8. The Morgan fingerprint density at radius 3 is 2.91 bits per heavy atom. The maximum atomic E-state index is 12.4. The smallest absolute Gasteiger partial charge is 0.305 e. The number of thiophene rings is 1. The van der Waals surface area contributed by atoms with Crippen LogP contribution in [0.5, 0.6) is 0 Å². The fourth-order valence-corrected chi connectivity index (χ4v) is 6.83. The fourth-order valence-electron chi connectivity index (χ4n) is 5.27. The summed E-state index contributed by atoms with van der Waals surface area (Å²) in [6, 6.07) is 4.44. The Labute approximate surface area is 197 Å². The number of carbonyl (C=O) groups excluding carboxylic acids is 2. The van der Waals surface area contributed by atoms with Crippen molar-refractivity contribution in [2.45, 2.75) is 63.6 Å². The Hall–Kier alpha value is -1.87. The highest BCUT2D eigenvalue weighted by Gasteiger charge is 2.43. The summed E-state index contributed by atoms with van der Waals surface area (Å²) in [5.41, 5.74) is 0. The number of carbonyl (C=O) groups is 2. The van der Waals surface area contributed by atoms with Crippen LogP contribution < -0.4 is 5.32 Å². The molecule has 2 aliphatic carbocycles. The molecule has 0 spiro atoms. The van der Waals surface area contributed by atoms with Crippen LogP contribution in [-0.2, 0) is 14.3 Å². The molecule has 0 unspecified atom stereocenters. The Balaban J connectivity index is 1.38. The van der Waals surface area contributed by atoms with Crippen LogP contribution in [0.3, 0.4) is 0 Å². The Bertz CT molecular complexity index is 914. The molecule has 0 radical (unpaired) electrons. The summed E-state index contributed by atoms with van der Waals surface area (Å²) >= 11 is 3.12. The molecule has 2 fully saturated rings. The summed E-state index contributed by atoms with van der Waals surface area (Å²) in [6.45, 7) is 4.94. The first-order valence-electron chi connectivity index (χ1n) is 11.6. The molecule has 0 aliphatic heterocycles. The molecule has 2 aliphatic rings. The number of nitrogens with zero attached hydrogens (tertiary/aromatic N) is 3. The predicted octanol–water partition coefficient (Wildman–Crippen LogP) is 4.56. The summed E-state index contributed by atoms with van der Waals surface area (Å²) in [5.74, 6) is 3.25. The molecule has 1 N–H and O–H groups in total. The third kappa shape index (κ3) is 5.36. The van der Waals surface area contributed by atoms with Crippen LogP contribution in [0, 0.1) is 17.8 Å². The van der Waals surface area contributed by atoms with Crippen molar-refractivity contribution < 1.29 is 14.3 Å². The van der Waals surface area contributed by atoms with Gasteiger partial charge in [-0.25, -0.2) is 0 Å². The summed E-state index contributed by atoms with van der Waals surface area (Å²) in [7, 11) is 0.